The highest BCUT2D eigenvalue weighted by Gasteiger charge is 2.36. The summed E-state index contributed by atoms with van der Waals surface area (Å²) in [6, 6.07) is 10.9. The lowest BCUT2D eigenvalue weighted by Crippen LogP contribution is -2.32. The van der Waals surface area contributed by atoms with E-state index in [0.29, 0.717) is 69.7 Å². The van der Waals surface area contributed by atoms with Crippen LogP contribution in [0.15, 0.2) is 42.2 Å². The van der Waals surface area contributed by atoms with Gasteiger partial charge >= 0.3 is 0 Å². The van der Waals surface area contributed by atoms with Crippen LogP contribution in [0.25, 0.3) is 6.08 Å². The van der Waals surface area contributed by atoms with Crippen LogP contribution in [-0.2, 0) is 13.1 Å². The summed E-state index contributed by atoms with van der Waals surface area (Å²) in [7, 11) is 4.61. The van der Waals surface area contributed by atoms with Crippen LogP contribution in [0.5, 0.6) is 28.7 Å². The van der Waals surface area contributed by atoms with Crippen LogP contribution in [0.3, 0.4) is 0 Å². The molecule has 0 saturated heterocycles. The van der Waals surface area contributed by atoms with Crippen LogP contribution in [0.2, 0.25) is 10.0 Å². The predicted octanol–water partition coefficient (Wildman–Crippen LogP) is 6.30. The lowest BCUT2D eigenvalue weighted by molar-refractivity contribution is 0.0872. The van der Waals surface area contributed by atoms with E-state index in [4.69, 9.17) is 46.9 Å². The van der Waals surface area contributed by atoms with Crippen molar-refractivity contribution in [3.8, 4) is 28.7 Å². The third kappa shape index (κ3) is 4.59. The van der Waals surface area contributed by atoms with Gasteiger partial charge in [0.2, 0.25) is 11.5 Å². The largest absolute Gasteiger partial charge is 0.493 e. The number of carbonyl (C=O) groups excluding carboxylic acids is 1. The fourth-order valence-corrected chi connectivity index (χ4v) is 5.12. The quantitative estimate of drug-likeness (QED) is 0.339. The zero-order valence-corrected chi connectivity index (χ0v) is 22.3. The normalized spacial score (nSPS) is 15.6. The van der Waals surface area contributed by atoms with Gasteiger partial charge in [-0.05, 0) is 54.5 Å². The molecule has 0 unspecified atom stereocenters. The van der Waals surface area contributed by atoms with Gasteiger partial charge in [-0.25, -0.2) is 0 Å². The van der Waals surface area contributed by atoms with Gasteiger partial charge in [0.1, 0.15) is 18.2 Å². The first kappa shape index (κ1) is 25.3. The molecule has 0 aliphatic carbocycles. The summed E-state index contributed by atoms with van der Waals surface area (Å²) in [6.07, 6.45) is 1.66. The number of allylic oxidation sites excluding steroid dienone is 1. The number of nitrogens with zero attached hydrogens (tertiary/aromatic N) is 1. The van der Waals surface area contributed by atoms with Gasteiger partial charge in [0.05, 0.1) is 32.5 Å². The first-order valence-electron chi connectivity index (χ1n) is 11.5. The van der Waals surface area contributed by atoms with Crippen molar-refractivity contribution in [2.75, 3.05) is 28.1 Å². The van der Waals surface area contributed by atoms with Gasteiger partial charge in [0, 0.05) is 28.7 Å². The molecule has 0 bridgehead atoms. The number of rotatable bonds is 6. The van der Waals surface area contributed by atoms with Crippen LogP contribution < -0.4 is 23.7 Å². The van der Waals surface area contributed by atoms with Crippen LogP contribution in [-0.4, -0.2) is 38.7 Å². The van der Waals surface area contributed by atoms with Crippen LogP contribution >= 0.6 is 23.2 Å². The number of methoxy groups -OCH3 is 3. The van der Waals surface area contributed by atoms with Gasteiger partial charge in [-0.15, -0.1) is 0 Å². The first-order chi connectivity index (χ1) is 17.8. The van der Waals surface area contributed by atoms with Gasteiger partial charge in [-0.3, -0.25) is 9.69 Å². The van der Waals surface area contributed by atoms with Gasteiger partial charge in [0.15, 0.2) is 17.3 Å². The third-order valence-electron chi connectivity index (χ3n) is 6.42. The standard InChI is InChI=1S/C28H25Cl2NO6/c1-15-9-22-19(13-31(14-36-22)12-17-5-7-18(29)11-20(17)30)27-24(15)25(32)23(37-27)10-16-6-8-21(33-2)28(35-4)26(16)34-3/h5-11H,12-14H2,1-4H3/b23-10-. The molecule has 7 nitrogen and oxygen atoms in total. The Balaban J connectivity index is 1.49. The molecule has 0 amide bonds. The number of halogens is 2. The highest BCUT2D eigenvalue weighted by Crippen LogP contribution is 2.46. The van der Waals surface area contributed by atoms with Gasteiger partial charge in [0.25, 0.3) is 0 Å². The lowest BCUT2D eigenvalue weighted by Gasteiger charge is -2.30. The number of hydrogen-bond acceptors (Lipinski definition) is 7. The second-order valence-electron chi connectivity index (χ2n) is 8.73. The molecule has 2 aliphatic rings. The molecular formula is C28H25Cl2NO6. The SMILES string of the molecule is COc1ccc(/C=C2\Oc3c4c(cc(C)c3C2=O)OCN(Cc2ccc(Cl)cc2Cl)C4)c(OC)c1OC. The average Bonchev–Trinajstić information content (AvgIpc) is 3.22. The topological polar surface area (TPSA) is 66.5 Å². The van der Waals surface area contributed by atoms with E-state index in [1.807, 2.05) is 25.1 Å². The molecule has 3 aromatic rings. The summed E-state index contributed by atoms with van der Waals surface area (Å²) in [6.45, 7) is 3.34. The van der Waals surface area contributed by atoms with E-state index < -0.39 is 0 Å². The molecule has 5 rings (SSSR count). The highest BCUT2D eigenvalue weighted by molar-refractivity contribution is 6.35. The second-order valence-corrected chi connectivity index (χ2v) is 9.58. The van der Waals surface area contributed by atoms with Crippen molar-refractivity contribution in [3.63, 3.8) is 0 Å². The van der Waals surface area contributed by atoms with E-state index in [9.17, 15) is 4.79 Å². The zero-order valence-electron chi connectivity index (χ0n) is 20.8. The molecular weight excluding hydrogens is 517 g/mol. The van der Waals surface area contributed by atoms with E-state index in [1.54, 1.807) is 31.4 Å². The third-order valence-corrected chi connectivity index (χ3v) is 7.00. The van der Waals surface area contributed by atoms with Gasteiger partial charge in [-0.1, -0.05) is 29.3 Å². The van der Waals surface area contributed by atoms with Crippen molar-refractivity contribution in [1.82, 2.24) is 4.90 Å². The minimum Gasteiger partial charge on any atom is -0.493 e. The van der Waals surface area contributed by atoms with Crippen molar-refractivity contribution in [3.05, 3.63) is 80.0 Å². The van der Waals surface area contributed by atoms with Crippen molar-refractivity contribution in [2.45, 2.75) is 20.0 Å². The Morgan fingerprint density at radius 2 is 1.81 bits per heavy atom. The van der Waals surface area contributed by atoms with E-state index in [1.165, 1.54) is 14.2 Å². The molecule has 0 aromatic heterocycles. The summed E-state index contributed by atoms with van der Waals surface area (Å²) >= 11 is 12.4. The smallest absolute Gasteiger partial charge is 0.232 e. The number of carbonyl (C=O) groups is 1. The average molecular weight is 542 g/mol. The van der Waals surface area contributed by atoms with E-state index >= 15 is 0 Å². The molecule has 0 spiro atoms. The predicted molar refractivity (Wildman–Crippen MR) is 141 cm³/mol. The number of ether oxygens (including phenoxy) is 5. The van der Waals surface area contributed by atoms with Crippen molar-refractivity contribution in [2.24, 2.45) is 0 Å². The molecule has 0 atom stereocenters. The lowest BCUT2D eigenvalue weighted by atomic mass is 9.98. The van der Waals surface area contributed by atoms with Crippen LogP contribution in [0.1, 0.15) is 32.6 Å². The van der Waals surface area contributed by atoms with Crippen LogP contribution in [0.4, 0.5) is 0 Å². The molecule has 37 heavy (non-hydrogen) atoms. The number of fused-ring (bicyclic) bond motifs is 3. The van der Waals surface area contributed by atoms with E-state index in [-0.39, 0.29) is 11.5 Å². The monoisotopic (exact) mass is 541 g/mol. The summed E-state index contributed by atoms with van der Waals surface area (Å²) in [5.41, 5.74) is 3.68. The van der Waals surface area contributed by atoms with Crippen molar-refractivity contribution >= 4 is 35.1 Å². The van der Waals surface area contributed by atoms with Crippen LogP contribution in [0, 0.1) is 6.92 Å². The fourth-order valence-electron chi connectivity index (χ4n) is 4.65. The molecule has 2 aliphatic heterocycles. The molecule has 3 aromatic carbocycles. The molecule has 0 N–H and O–H groups in total. The Morgan fingerprint density at radius 1 is 1.03 bits per heavy atom. The zero-order chi connectivity index (χ0) is 26.3. The summed E-state index contributed by atoms with van der Waals surface area (Å²) < 4.78 is 28.7. The maximum atomic E-state index is 13.5. The Bertz CT molecular complexity index is 1430. The molecule has 192 valence electrons. The maximum absolute atomic E-state index is 13.5. The second kappa shape index (κ2) is 10.2. The molecule has 9 heteroatoms. The molecule has 2 heterocycles. The van der Waals surface area contributed by atoms with Crippen molar-refractivity contribution < 1.29 is 28.5 Å². The van der Waals surface area contributed by atoms with E-state index in [2.05, 4.69) is 4.90 Å². The maximum Gasteiger partial charge on any atom is 0.232 e. The number of ketones is 1. The minimum atomic E-state index is -0.204. The molecule has 0 fully saturated rings. The Kier molecular flexibility index (Phi) is 6.94. The van der Waals surface area contributed by atoms with Crippen molar-refractivity contribution in [1.29, 1.82) is 0 Å². The number of hydrogen-bond donors (Lipinski definition) is 0. The number of Topliss-reactive ketones (excluding diaryl/α,β-unsaturated/α-hetero) is 1. The summed E-state index contributed by atoms with van der Waals surface area (Å²) in [5, 5.41) is 1.17. The van der Waals surface area contributed by atoms with Gasteiger partial charge in [-0.2, -0.15) is 0 Å². The highest BCUT2D eigenvalue weighted by atomic mass is 35.5. The minimum absolute atomic E-state index is 0.190. The Hall–Kier alpha value is -3.39. The number of benzene rings is 3. The van der Waals surface area contributed by atoms with E-state index in [0.717, 1.165) is 16.7 Å². The summed E-state index contributed by atoms with van der Waals surface area (Å²) in [5.74, 6) is 2.59. The Morgan fingerprint density at radius 3 is 2.51 bits per heavy atom. The molecule has 0 saturated carbocycles. The first-order valence-corrected chi connectivity index (χ1v) is 12.3. The summed E-state index contributed by atoms with van der Waals surface area (Å²) in [4.78, 5) is 15.5. The number of aryl methyl sites for hydroxylation is 1. The fraction of sp³-hybridized carbons (Fsp3) is 0.250. The molecule has 0 radical (unpaired) electrons. The van der Waals surface area contributed by atoms with Gasteiger partial charge < -0.3 is 23.7 Å². The Labute approximate surface area is 225 Å².